The summed E-state index contributed by atoms with van der Waals surface area (Å²) < 4.78 is 0. The molecule has 0 atom stereocenters. The molecule has 0 saturated heterocycles. The summed E-state index contributed by atoms with van der Waals surface area (Å²) in [4.78, 5) is 12.0. The SMILES string of the molecule is Cc1cc(C)c(NC(=O)CNc2ccc(Cl)cc2)c(Cl)c1. The molecular formula is C16H16Cl2N2O. The number of carbonyl (C=O) groups is 1. The molecule has 0 spiro atoms. The number of nitrogens with one attached hydrogen (secondary N) is 2. The van der Waals surface area contributed by atoms with Gasteiger partial charge in [-0.2, -0.15) is 0 Å². The number of rotatable bonds is 4. The number of hydrogen-bond donors (Lipinski definition) is 2. The molecule has 0 aliphatic heterocycles. The van der Waals surface area contributed by atoms with Crippen molar-refractivity contribution < 1.29 is 4.79 Å². The zero-order chi connectivity index (χ0) is 15.4. The van der Waals surface area contributed by atoms with E-state index in [4.69, 9.17) is 23.2 Å². The second-order valence-corrected chi connectivity index (χ2v) is 5.69. The first kappa shape index (κ1) is 15.7. The number of benzene rings is 2. The number of hydrogen-bond acceptors (Lipinski definition) is 2. The first-order chi connectivity index (χ1) is 9.95. The molecule has 0 heterocycles. The van der Waals surface area contributed by atoms with Gasteiger partial charge >= 0.3 is 0 Å². The summed E-state index contributed by atoms with van der Waals surface area (Å²) in [6, 6.07) is 11.0. The van der Waals surface area contributed by atoms with E-state index in [0.717, 1.165) is 16.8 Å². The van der Waals surface area contributed by atoms with Crippen molar-refractivity contribution in [3.63, 3.8) is 0 Å². The third-order valence-electron chi connectivity index (χ3n) is 2.99. The summed E-state index contributed by atoms with van der Waals surface area (Å²) in [6.07, 6.45) is 0. The van der Waals surface area contributed by atoms with E-state index in [1.807, 2.05) is 38.1 Å². The third kappa shape index (κ3) is 4.38. The van der Waals surface area contributed by atoms with Gasteiger partial charge in [-0.1, -0.05) is 29.3 Å². The van der Waals surface area contributed by atoms with Crippen molar-refractivity contribution in [2.75, 3.05) is 17.2 Å². The maximum Gasteiger partial charge on any atom is 0.243 e. The van der Waals surface area contributed by atoms with Crippen molar-refractivity contribution in [2.24, 2.45) is 0 Å². The Morgan fingerprint density at radius 2 is 1.76 bits per heavy atom. The molecule has 0 unspecified atom stereocenters. The monoisotopic (exact) mass is 322 g/mol. The van der Waals surface area contributed by atoms with Crippen LogP contribution in [0.5, 0.6) is 0 Å². The number of carbonyl (C=O) groups excluding carboxylic acids is 1. The van der Waals surface area contributed by atoms with Crippen LogP contribution in [0.1, 0.15) is 11.1 Å². The summed E-state index contributed by atoms with van der Waals surface area (Å²) in [7, 11) is 0. The predicted octanol–water partition coefficient (Wildman–Crippen LogP) is 4.66. The highest BCUT2D eigenvalue weighted by Crippen LogP contribution is 2.27. The maximum absolute atomic E-state index is 12.0. The summed E-state index contributed by atoms with van der Waals surface area (Å²) in [5.41, 5.74) is 3.50. The largest absolute Gasteiger partial charge is 0.376 e. The molecule has 110 valence electrons. The highest BCUT2D eigenvalue weighted by Gasteiger charge is 2.09. The van der Waals surface area contributed by atoms with E-state index >= 15 is 0 Å². The van der Waals surface area contributed by atoms with Crippen molar-refractivity contribution in [2.45, 2.75) is 13.8 Å². The van der Waals surface area contributed by atoms with Crippen LogP contribution in [0.15, 0.2) is 36.4 Å². The van der Waals surface area contributed by atoms with E-state index in [2.05, 4.69) is 10.6 Å². The molecule has 21 heavy (non-hydrogen) atoms. The van der Waals surface area contributed by atoms with Crippen LogP contribution < -0.4 is 10.6 Å². The van der Waals surface area contributed by atoms with Crippen LogP contribution >= 0.6 is 23.2 Å². The van der Waals surface area contributed by atoms with E-state index < -0.39 is 0 Å². The fourth-order valence-corrected chi connectivity index (χ4v) is 2.50. The van der Waals surface area contributed by atoms with Crippen LogP contribution in [0.2, 0.25) is 10.0 Å². The molecule has 3 nitrogen and oxygen atoms in total. The van der Waals surface area contributed by atoms with Gasteiger partial charge in [-0.05, 0) is 55.3 Å². The minimum Gasteiger partial charge on any atom is -0.376 e. The van der Waals surface area contributed by atoms with Gasteiger partial charge in [0.25, 0.3) is 0 Å². The Hall–Kier alpha value is -1.71. The summed E-state index contributed by atoms with van der Waals surface area (Å²) in [6.45, 7) is 4.04. The predicted molar refractivity (Wildman–Crippen MR) is 89.5 cm³/mol. The van der Waals surface area contributed by atoms with Gasteiger partial charge in [0, 0.05) is 10.7 Å². The molecule has 2 aromatic carbocycles. The Morgan fingerprint density at radius 1 is 1.10 bits per heavy atom. The lowest BCUT2D eigenvalue weighted by Gasteiger charge is -2.12. The minimum absolute atomic E-state index is 0.154. The fourth-order valence-electron chi connectivity index (χ4n) is 2.01. The van der Waals surface area contributed by atoms with Crippen LogP contribution in [0.25, 0.3) is 0 Å². The Balaban J connectivity index is 1.97. The van der Waals surface area contributed by atoms with Crippen molar-refractivity contribution in [3.8, 4) is 0 Å². The lowest BCUT2D eigenvalue weighted by atomic mass is 10.1. The lowest BCUT2D eigenvalue weighted by molar-refractivity contribution is -0.114. The summed E-state index contributed by atoms with van der Waals surface area (Å²) >= 11 is 12.0. The van der Waals surface area contributed by atoms with Crippen molar-refractivity contribution in [1.82, 2.24) is 0 Å². The molecule has 2 aromatic rings. The van der Waals surface area contributed by atoms with E-state index in [1.165, 1.54) is 0 Å². The Kier molecular flexibility index (Phi) is 5.10. The minimum atomic E-state index is -0.154. The van der Waals surface area contributed by atoms with E-state index in [-0.39, 0.29) is 12.5 Å². The van der Waals surface area contributed by atoms with E-state index in [9.17, 15) is 4.79 Å². The van der Waals surface area contributed by atoms with E-state index in [1.54, 1.807) is 12.1 Å². The molecule has 0 bridgehead atoms. The number of anilines is 2. The summed E-state index contributed by atoms with van der Waals surface area (Å²) in [5, 5.41) is 7.06. The molecule has 2 N–H and O–H groups in total. The van der Waals surface area contributed by atoms with Crippen LogP contribution in [0, 0.1) is 13.8 Å². The van der Waals surface area contributed by atoms with Crippen molar-refractivity contribution in [3.05, 3.63) is 57.6 Å². The Labute approximate surface area is 134 Å². The second kappa shape index (κ2) is 6.83. The van der Waals surface area contributed by atoms with Gasteiger partial charge in [0.05, 0.1) is 17.3 Å². The molecule has 2 rings (SSSR count). The van der Waals surface area contributed by atoms with Crippen LogP contribution in [-0.2, 0) is 4.79 Å². The first-order valence-corrected chi connectivity index (χ1v) is 7.27. The molecule has 0 aliphatic rings. The van der Waals surface area contributed by atoms with E-state index in [0.29, 0.717) is 15.7 Å². The van der Waals surface area contributed by atoms with Crippen molar-refractivity contribution >= 4 is 40.5 Å². The van der Waals surface area contributed by atoms with Gasteiger partial charge in [0.15, 0.2) is 0 Å². The van der Waals surface area contributed by atoms with Gasteiger partial charge in [-0.3, -0.25) is 4.79 Å². The quantitative estimate of drug-likeness (QED) is 0.859. The van der Waals surface area contributed by atoms with Crippen LogP contribution in [-0.4, -0.2) is 12.5 Å². The first-order valence-electron chi connectivity index (χ1n) is 6.52. The Morgan fingerprint density at radius 3 is 2.38 bits per heavy atom. The zero-order valence-electron chi connectivity index (χ0n) is 11.8. The van der Waals surface area contributed by atoms with Crippen LogP contribution in [0.3, 0.4) is 0 Å². The molecule has 0 fully saturated rings. The third-order valence-corrected chi connectivity index (χ3v) is 3.54. The van der Waals surface area contributed by atoms with Gasteiger partial charge in [0.1, 0.15) is 0 Å². The van der Waals surface area contributed by atoms with Crippen LogP contribution in [0.4, 0.5) is 11.4 Å². The van der Waals surface area contributed by atoms with Gasteiger partial charge in [0.2, 0.25) is 5.91 Å². The topological polar surface area (TPSA) is 41.1 Å². The molecule has 0 aliphatic carbocycles. The van der Waals surface area contributed by atoms with Crippen molar-refractivity contribution in [1.29, 1.82) is 0 Å². The zero-order valence-corrected chi connectivity index (χ0v) is 13.3. The van der Waals surface area contributed by atoms with Gasteiger partial charge in [-0.25, -0.2) is 0 Å². The number of aryl methyl sites for hydroxylation is 2. The molecule has 0 saturated carbocycles. The number of amides is 1. The molecule has 0 radical (unpaired) electrons. The average Bonchev–Trinajstić information content (AvgIpc) is 2.42. The summed E-state index contributed by atoms with van der Waals surface area (Å²) in [5.74, 6) is -0.154. The van der Waals surface area contributed by atoms with Gasteiger partial charge in [-0.15, -0.1) is 0 Å². The Bertz CT molecular complexity index is 631. The fraction of sp³-hybridized carbons (Fsp3) is 0.188. The smallest absolute Gasteiger partial charge is 0.243 e. The highest BCUT2D eigenvalue weighted by atomic mass is 35.5. The number of halogens is 2. The second-order valence-electron chi connectivity index (χ2n) is 4.85. The van der Waals surface area contributed by atoms with Gasteiger partial charge < -0.3 is 10.6 Å². The molecule has 0 aromatic heterocycles. The maximum atomic E-state index is 12.0. The standard InChI is InChI=1S/C16H16Cl2N2O/c1-10-7-11(2)16(14(18)8-10)20-15(21)9-19-13-5-3-12(17)4-6-13/h3-8,19H,9H2,1-2H3,(H,20,21). The molecular weight excluding hydrogens is 307 g/mol. The average molecular weight is 323 g/mol. The molecule has 5 heteroatoms. The molecule has 1 amide bonds. The lowest BCUT2D eigenvalue weighted by Crippen LogP contribution is -2.22. The normalized spacial score (nSPS) is 10.3. The highest BCUT2D eigenvalue weighted by molar-refractivity contribution is 6.34.